The summed E-state index contributed by atoms with van der Waals surface area (Å²) in [5.41, 5.74) is 3.46. The van der Waals surface area contributed by atoms with Crippen molar-refractivity contribution in [2.45, 2.75) is 37.6 Å². The van der Waals surface area contributed by atoms with Crippen molar-refractivity contribution in [3.8, 4) is 0 Å². The predicted octanol–water partition coefficient (Wildman–Crippen LogP) is 2.67. The number of para-hydroxylation sites is 1. The van der Waals surface area contributed by atoms with Gasteiger partial charge in [-0.1, -0.05) is 35.9 Å². The molecule has 2 aliphatic rings. The Hall–Kier alpha value is -2.38. The van der Waals surface area contributed by atoms with E-state index in [-0.39, 0.29) is 5.91 Å². The average molecular weight is 428 g/mol. The average Bonchev–Trinajstić information content (AvgIpc) is 2.76. The van der Waals surface area contributed by atoms with Crippen molar-refractivity contribution in [3.63, 3.8) is 0 Å². The number of hydrogen-bond acceptors (Lipinski definition) is 4. The monoisotopic (exact) mass is 427 g/mol. The van der Waals surface area contributed by atoms with Gasteiger partial charge in [-0.3, -0.25) is 4.79 Å². The predicted molar refractivity (Wildman–Crippen MR) is 118 cm³/mol. The molecule has 2 aromatic carbocycles. The fraction of sp³-hybridized carbons (Fsp3) is 0.435. The number of hydrogen-bond donors (Lipinski definition) is 0. The first kappa shape index (κ1) is 20.9. The summed E-state index contributed by atoms with van der Waals surface area (Å²) in [6.45, 7) is 5.93. The van der Waals surface area contributed by atoms with Crippen molar-refractivity contribution in [3.05, 3.63) is 59.7 Å². The quantitative estimate of drug-likeness (QED) is 0.753. The molecule has 2 aromatic rings. The van der Waals surface area contributed by atoms with Gasteiger partial charge < -0.3 is 9.80 Å². The van der Waals surface area contributed by atoms with Gasteiger partial charge in [-0.15, -0.1) is 0 Å². The molecule has 0 N–H and O–H groups in total. The van der Waals surface area contributed by atoms with E-state index in [1.165, 1.54) is 9.87 Å². The molecule has 0 aromatic heterocycles. The number of aryl methyl sites for hydroxylation is 2. The zero-order valence-corrected chi connectivity index (χ0v) is 18.4. The van der Waals surface area contributed by atoms with Crippen LogP contribution in [0.3, 0.4) is 0 Å². The highest BCUT2D eigenvalue weighted by Crippen LogP contribution is 2.30. The summed E-state index contributed by atoms with van der Waals surface area (Å²) >= 11 is 0. The molecule has 1 fully saturated rings. The molecule has 2 aliphatic heterocycles. The molecule has 2 heterocycles. The first-order valence-corrected chi connectivity index (χ1v) is 12.0. The van der Waals surface area contributed by atoms with Gasteiger partial charge in [0.05, 0.1) is 11.4 Å². The first-order chi connectivity index (χ1) is 14.4. The maximum Gasteiger partial charge on any atom is 0.243 e. The number of anilines is 1. The minimum atomic E-state index is -3.52. The van der Waals surface area contributed by atoms with E-state index in [4.69, 9.17) is 0 Å². The summed E-state index contributed by atoms with van der Waals surface area (Å²) in [4.78, 5) is 17.3. The van der Waals surface area contributed by atoms with E-state index in [1.54, 1.807) is 17.0 Å². The highest BCUT2D eigenvalue weighted by molar-refractivity contribution is 7.89. The van der Waals surface area contributed by atoms with Crippen LogP contribution in [0.1, 0.15) is 24.5 Å². The molecule has 0 spiro atoms. The molecular formula is C23H29N3O3S. The second-order valence-corrected chi connectivity index (χ2v) is 10.2. The van der Waals surface area contributed by atoms with Gasteiger partial charge >= 0.3 is 0 Å². The zero-order valence-electron chi connectivity index (χ0n) is 17.6. The van der Waals surface area contributed by atoms with Crippen LogP contribution in [-0.4, -0.2) is 62.3 Å². The van der Waals surface area contributed by atoms with Crippen LogP contribution < -0.4 is 4.90 Å². The number of piperazine rings is 1. The molecule has 0 bridgehead atoms. The van der Waals surface area contributed by atoms with E-state index in [9.17, 15) is 13.2 Å². The smallest absolute Gasteiger partial charge is 0.243 e. The van der Waals surface area contributed by atoms with Gasteiger partial charge in [-0.05, 0) is 50.5 Å². The fourth-order valence-electron chi connectivity index (χ4n) is 4.28. The van der Waals surface area contributed by atoms with Gasteiger partial charge in [-0.2, -0.15) is 4.31 Å². The van der Waals surface area contributed by atoms with Crippen LogP contribution in [0, 0.1) is 6.92 Å². The van der Waals surface area contributed by atoms with Gasteiger partial charge in [0.25, 0.3) is 0 Å². The molecule has 6 nitrogen and oxygen atoms in total. The van der Waals surface area contributed by atoms with E-state index < -0.39 is 10.0 Å². The third-order valence-electron chi connectivity index (χ3n) is 6.22. The Morgan fingerprint density at radius 1 is 1.00 bits per heavy atom. The van der Waals surface area contributed by atoms with Crippen LogP contribution >= 0.6 is 0 Å². The number of fused-ring (bicyclic) bond motifs is 1. The lowest BCUT2D eigenvalue weighted by atomic mass is 9.96. The largest absolute Gasteiger partial charge is 0.359 e. The number of carbonyl (C=O) groups is 1. The SMILES string of the molecule is Cc1ccc(S(=O)(=O)N2CCN(C(=O)CN3c4ccccc4CC[C@@H]3C)CC2)cc1. The summed E-state index contributed by atoms with van der Waals surface area (Å²) < 4.78 is 27.3. The number of nitrogens with zero attached hydrogens (tertiary/aromatic N) is 3. The molecular weight excluding hydrogens is 398 g/mol. The van der Waals surface area contributed by atoms with E-state index >= 15 is 0 Å². The van der Waals surface area contributed by atoms with Gasteiger partial charge in [0.2, 0.25) is 15.9 Å². The van der Waals surface area contributed by atoms with Gasteiger partial charge in [-0.25, -0.2) is 8.42 Å². The Labute approximate surface area is 179 Å². The van der Waals surface area contributed by atoms with Crippen LogP contribution in [0.15, 0.2) is 53.4 Å². The number of sulfonamides is 1. The Kier molecular flexibility index (Phi) is 5.84. The molecule has 1 atom stereocenters. The van der Waals surface area contributed by atoms with Crippen molar-refractivity contribution in [1.82, 2.24) is 9.21 Å². The maximum atomic E-state index is 13.0. The molecule has 30 heavy (non-hydrogen) atoms. The van der Waals surface area contributed by atoms with Gasteiger partial charge in [0.15, 0.2) is 0 Å². The van der Waals surface area contributed by atoms with Crippen LogP contribution in [0.2, 0.25) is 0 Å². The normalized spacial score (nSPS) is 20.1. The third kappa shape index (κ3) is 4.09. The number of carbonyl (C=O) groups excluding carboxylic acids is 1. The summed E-state index contributed by atoms with van der Waals surface area (Å²) in [5.74, 6) is 0.0611. The van der Waals surface area contributed by atoms with Gasteiger partial charge in [0.1, 0.15) is 0 Å². The van der Waals surface area contributed by atoms with Crippen LogP contribution in [0.5, 0.6) is 0 Å². The van der Waals surface area contributed by atoms with Gasteiger partial charge in [0, 0.05) is 37.9 Å². The maximum absolute atomic E-state index is 13.0. The number of benzene rings is 2. The standard InChI is InChI=1S/C23H29N3O3S/c1-18-7-11-21(12-8-18)30(28,29)25-15-13-24(14-16-25)23(27)17-26-19(2)9-10-20-5-3-4-6-22(20)26/h3-8,11-12,19H,9-10,13-17H2,1-2H3/t19-/m0/s1. The topological polar surface area (TPSA) is 60.9 Å². The van der Waals surface area contributed by atoms with E-state index in [0.717, 1.165) is 24.1 Å². The number of rotatable bonds is 4. The molecule has 160 valence electrons. The van der Waals surface area contributed by atoms with Crippen LogP contribution in [0.25, 0.3) is 0 Å². The minimum absolute atomic E-state index is 0.0611. The molecule has 0 radical (unpaired) electrons. The summed E-state index contributed by atoms with van der Waals surface area (Å²) in [7, 11) is -3.52. The third-order valence-corrected chi connectivity index (χ3v) is 8.13. The van der Waals surface area contributed by atoms with E-state index in [2.05, 4.69) is 24.0 Å². The van der Waals surface area contributed by atoms with Crippen molar-refractivity contribution in [2.24, 2.45) is 0 Å². The molecule has 0 unspecified atom stereocenters. The molecule has 1 amide bonds. The lowest BCUT2D eigenvalue weighted by Crippen LogP contribution is -2.53. The van der Waals surface area contributed by atoms with E-state index in [0.29, 0.717) is 43.7 Å². The zero-order chi connectivity index (χ0) is 21.3. The highest BCUT2D eigenvalue weighted by atomic mass is 32.2. The first-order valence-electron chi connectivity index (χ1n) is 10.6. The van der Waals surface area contributed by atoms with Crippen LogP contribution in [-0.2, 0) is 21.2 Å². The molecule has 1 saturated heterocycles. The van der Waals surface area contributed by atoms with Crippen molar-refractivity contribution in [2.75, 3.05) is 37.6 Å². The van der Waals surface area contributed by atoms with Crippen LogP contribution in [0.4, 0.5) is 5.69 Å². The Morgan fingerprint density at radius 3 is 2.37 bits per heavy atom. The minimum Gasteiger partial charge on any atom is -0.359 e. The molecule has 0 aliphatic carbocycles. The van der Waals surface area contributed by atoms with Crippen molar-refractivity contribution in [1.29, 1.82) is 0 Å². The van der Waals surface area contributed by atoms with Crippen molar-refractivity contribution >= 4 is 21.6 Å². The Morgan fingerprint density at radius 2 is 1.67 bits per heavy atom. The Balaban J connectivity index is 1.40. The fourth-order valence-corrected chi connectivity index (χ4v) is 5.71. The second-order valence-electron chi connectivity index (χ2n) is 8.24. The summed E-state index contributed by atoms with van der Waals surface area (Å²) in [6.07, 6.45) is 2.07. The lowest BCUT2D eigenvalue weighted by Gasteiger charge is -2.39. The van der Waals surface area contributed by atoms with Crippen molar-refractivity contribution < 1.29 is 13.2 Å². The molecule has 4 rings (SSSR count). The molecule has 7 heteroatoms. The highest BCUT2D eigenvalue weighted by Gasteiger charge is 2.32. The lowest BCUT2D eigenvalue weighted by molar-refractivity contribution is -0.131. The number of amides is 1. The summed E-state index contributed by atoms with van der Waals surface area (Å²) in [5, 5.41) is 0. The Bertz CT molecular complexity index is 1010. The second kappa shape index (κ2) is 8.40. The summed E-state index contributed by atoms with van der Waals surface area (Å²) in [6, 6.07) is 15.5. The van der Waals surface area contributed by atoms with E-state index in [1.807, 2.05) is 31.2 Å². The molecule has 0 saturated carbocycles.